The second-order valence-corrected chi connectivity index (χ2v) is 8.79. The SMILES string of the molecule is COCCOc1cc2c(cc1OC)CN(c1nccc(C(=O)Nc3cnccc3N3CCNCC3)n1)C2. The summed E-state index contributed by atoms with van der Waals surface area (Å²) in [5.41, 5.74) is 4.10. The van der Waals surface area contributed by atoms with E-state index in [0.29, 0.717) is 49.4 Å². The number of aromatic nitrogens is 3. The molecule has 4 heterocycles. The number of hydrogen-bond donors (Lipinski definition) is 2. The molecular weight excluding hydrogens is 474 g/mol. The fourth-order valence-corrected chi connectivity index (χ4v) is 4.53. The number of amides is 1. The van der Waals surface area contributed by atoms with E-state index >= 15 is 0 Å². The average molecular weight is 506 g/mol. The topological polar surface area (TPSA) is 114 Å². The summed E-state index contributed by atoms with van der Waals surface area (Å²) in [7, 11) is 3.26. The van der Waals surface area contributed by atoms with Gasteiger partial charge in [-0.2, -0.15) is 0 Å². The van der Waals surface area contributed by atoms with Gasteiger partial charge in [0.1, 0.15) is 12.3 Å². The van der Waals surface area contributed by atoms with E-state index < -0.39 is 0 Å². The Morgan fingerprint density at radius 1 is 1.03 bits per heavy atom. The van der Waals surface area contributed by atoms with Crippen molar-refractivity contribution in [1.29, 1.82) is 0 Å². The van der Waals surface area contributed by atoms with Crippen LogP contribution in [0.3, 0.4) is 0 Å². The molecule has 2 aliphatic heterocycles. The zero-order valence-corrected chi connectivity index (χ0v) is 21.1. The molecule has 0 saturated carbocycles. The van der Waals surface area contributed by atoms with Crippen molar-refractivity contribution in [1.82, 2.24) is 20.3 Å². The Kier molecular flexibility index (Phi) is 7.62. The highest BCUT2D eigenvalue weighted by molar-refractivity contribution is 6.04. The molecule has 0 bridgehead atoms. The number of nitrogens with one attached hydrogen (secondary N) is 2. The first-order valence-electron chi connectivity index (χ1n) is 12.3. The summed E-state index contributed by atoms with van der Waals surface area (Å²) >= 11 is 0. The molecule has 37 heavy (non-hydrogen) atoms. The third-order valence-corrected chi connectivity index (χ3v) is 6.42. The highest BCUT2D eigenvalue weighted by atomic mass is 16.5. The third-order valence-electron chi connectivity index (χ3n) is 6.42. The van der Waals surface area contributed by atoms with Crippen molar-refractivity contribution < 1.29 is 19.0 Å². The van der Waals surface area contributed by atoms with Crippen LogP contribution in [0.1, 0.15) is 21.6 Å². The number of methoxy groups -OCH3 is 2. The normalized spacial score (nSPS) is 14.9. The van der Waals surface area contributed by atoms with Crippen LogP contribution in [0.5, 0.6) is 11.5 Å². The molecule has 5 rings (SSSR count). The van der Waals surface area contributed by atoms with Crippen LogP contribution in [0.15, 0.2) is 42.9 Å². The Morgan fingerprint density at radius 3 is 2.57 bits per heavy atom. The van der Waals surface area contributed by atoms with Gasteiger partial charge in [-0.3, -0.25) is 9.78 Å². The van der Waals surface area contributed by atoms with Gasteiger partial charge in [0.15, 0.2) is 11.5 Å². The van der Waals surface area contributed by atoms with Gasteiger partial charge < -0.3 is 34.6 Å². The average Bonchev–Trinajstić information content (AvgIpc) is 3.36. The van der Waals surface area contributed by atoms with Crippen molar-refractivity contribution in [2.24, 2.45) is 0 Å². The molecule has 2 aromatic heterocycles. The summed E-state index contributed by atoms with van der Waals surface area (Å²) in [6.45, 7) is 5.65. The molecule has 1 fully saturated rings. The molecule has 0 spiro atoms. The van der Waals surface area contributed by atoms with Gasteiger partial charge in [0, 0.05) is 58.8 Å². The Hall–Kier alpha value is -3.96. The molecule has 3 aromatic rings. The minimum Gasteiger partial charge on any atom is -0.493 e. The van der Waals surface area contributed by atoms with Crippen LogP contribution in [-0.2, 0) is 17.8 Å². The summed E-state index contributed by atoms with van der Waals surface area (Å²) < 4.78 is 16.4. The van der Waals surface area contributed by atoms with Crippen molar-refractivity contribution in [2.45, 2.75) is 13.1 Å². The molecule has 1 aromatic carbocycles. The van der Waals surface area contributed by atoms with Crippen molar-refractivity contribution in [3.05, 3.63) is 59.7 Å². The van der Waals surface area contributed by atoms with Gasteiger partial charge in [-0.25, -0.2) is 9.97 Å². The van der Waals surface area contributed by atoms with Crippen molar-refractivity contribution in [3.8, 4) is 11.5 Å². The molecule has 11 nitrogen and oxygen atoms in total. The van der Waals surface area contributed by atoms with Crippen LogP contribution in [0.4, 0.5) is 17.3 Å². The van der Waals surface area contributed by atoms with Crippen LogP contribution in [0.25, 0.3) is 0 Å². The summed E-state index contributed by atoms with van der Waals surface area (Å²) in [5.74, 6) is 1.52. The number of nitrogens with zero attached hydrogens (tertiary/aromatic N) is 5. The Bertz CT molecular complexity index is 1250. The van der Waals surface area contributed by atoms with Crippen LogP contribution in [-0.4, -0.2) is 74.5 Å². The molecule has 1 amide bonds. The van der Waals surface area contributed by atoms with E-state index in [1.807, 2.05) is 23.1 Å². The lowest BCUT2D eigenvalue weighted by Gasteiger charge is -2.30. The molecule has 1 saturated heterocycles. The first-order valence-corrected chi connectivity index (χ1v) is 12.3. The summed E-state index contributed by atoms with van der Waals surface area (Å²) in [5, 5.41) is 6.34. The minimum absolute atomic E-state index is 0.289. The summed E-state index contributed by atoms with van der Waals surface area (Å²) in [6, 6.07) is 7.51. The van der Waals surface area contributed by atoms with Crippen LogP contribution < -0.4 is 29.9 Å². The lowest BCUT2D eigenvalue weighted by molar-refractivity contribution is 0.102. The smallest absolute Gasteiger partial charge is 0.274 e. The largest absolute Gasteiger partial charge is 0.493 e. The second-order valence-electron chi connectivity index (χ2n) is 8.79. The van der Waals surface area contributed by atoms with E-state index in [2.05, 4.69) is 30.5 Å². The highest BCUT2D eigenvalue weighted by Crippen LogP contribution is 2.36. The number of rotatable bonds is 9. The summed E-state index contributed by atoms with van der Waals surface area (Å²) in [6.07, 6.45) is 5.03. The zero-order valence-electron chi connectivity index (χ0n) is 21.1. The Labute approximate surface area is 215 Å². The number of fused-ring (bicyclic) bond motifs is 1. The summed E-state index contributed by atoms with van der Waals surface area (Å²) in [4.78, 5) is 30.7. The van der Waals surface area contributed by atoms with Gasteiger partial charge in [-0.15, -0.1) is 0 Å². The van der Waals surface area contributed by atoms with Gasteiger partial charge in [-0.05, 0) is 35.4 Å². The number of pyridine rings is 1. The van der Waals surface area contributed by atoms with Crippen LogP contribution in [0, 0.1) is 0 Å². The van der Waals surface area contributed by atoms with Gasteiger partial charge >= 0.3 is 0 Å². The maximum absolute atomic E-state index is 13.2. The molecular formula is C26H31N7O4. The van der Waals surface area contributed by atoms with E-state index in [1.54, 1.807) is 38.9 Å². The van der Waals surface area contributed by atoms with E-state index in [0.717, 1.165) is 43.0 Å². The zero-order chi connectivity index (χ0) is 25.6. The quantitative estimate of drug-likeness (QED) is 0.419. The molecule has 11 heteroatoms. The van der Waals surface area contributed by atoms with E-state index in [1.165, 1.54) is 0 Å². The van der Waals surface area contributed by atoms with E-state index in [9.17, 15) is 4.79 Å². The molecule has 0 atom stereocenters. The first kappa shape index (κ1) is 24.7. The van der Waals surface area contributed by atoms with Crippen molar-refractivity contribution in [2.75, 3.05) is 68.7 Å². The second kappa shape index (κ2) is 11.4. The number of benzene rings is 1. The lowest BCUT2D eigenvalue weighted by Crippen LogP contribution is -2.43. The number of carbonyl (C=O) groups is 1. The number of hydrogen-bond acceptors (Lipinski definition) is 10. The molecule has 2 aliphatic rings. The number of ether oxygens (including phenoxy) is 3. The highest BCUT2D eigenvalue weighted by Gasteiger charge is 2.25. The van der Waals surface area contributed by atoms with Crippen molar-refractivity contribution >= 4 is 23.2 Å². The lowest BCUT2D eigenvalue weighted by atomic mass is 10.1. The van der Waals surface area contributed by atoms with Gasteiger partial charge in [0.2, 0.25) is 5.95 Å². The fourth-order valence-electron chi connectivity index (χ4n) is 4.53. The Morgan fingerprint density at radius 2 is 1.81 bits per heavy atom. The monoisotopic (exact) mass is 505 g/mol. The molecule has 0 unspecified atom stereocenters. The fraction of sp³-hybridized carbons (Fsp3) is 0.385. The molecule has 0 aliphatic carbocycles. The predicted octanol–water partition coefficient (Wildman–Crippen LogP) is 2.09. The maximum Gasteiger partial charge on any atom is 0.274 e. The maximum atomic E-state index is 13.2. The van der Waals surface area contributed by atoms with Crippen LogP contribution in [0.2, 0.25) is 0 Å². The third kappa shape index (κ3) is 5.57. The Balaban J connectivity index is 1.30. The molecule has 0 radical (unpaired) electrons. The number of carbonyl (C=O) groups excluding carboxylic acids is 1. The van der Waals surface area contributed by atoms with Gasteiger partial charge in [0.05, 0.1) is 31.3 Å². The van der Waals surface area contributed by atoms with Gasteiger partial charge in [-0.1, -0.05) is 0 Å². The van der Waals surface area contributed by atoms with E-state index in [4.69, 9.17) is 14.2 Å². The number of piperazine rings is 1. The van der Waals surface area contributed by atoms with Crippen LogP contribution >= 0.6 is 0 Å². The number of anilines is 3. The minimum atomic E-state index is -0.305. The van der Waals surface area contributed by atoms with Crippen molar-refractivity contribution in [3.63, 3.8) is 0 Å². The standard InChI is InChI=1S/C26H31N7O4/c1-35-11-12-37-24-14-19-17-33(16-18(19)13-23(24)36-2)26-29-6-3-20(31-26)25(34)30-21-15-28-5-4-22(21)32-9-7-27-8-10-32/h3-6,13-15,27H,7-12,16-17H2,1-2H3,(H,30,34). The van der Waals surface area contributed by atoms with E-state index in [-0.39, 0.29) is 11.6 Å². The first-order chi connectivity index (χ1) is 18.2. The predicted molar refractivity (Wildman–Crippen MR) is 140 cm³/mol. The molecule has 2 N–H and O–H groups in total. The van der Waals surface area contributed by atoms with Gasteiger partial charge in [0.25, 0.3) is 5.91 Å². The molecule has 194 valence electrons.